The standard InChI is InChI=1S/C18H16N2O2/c1-20(2)17-14-10-6-9-13(12-7-4-3-5-8-12)16(14)19-11-15(17)18(21)22/h3-11H,1-2H3,(H,21,22). The van der Waals surface area contributed by atoms with E-state index < -0.39 is 5.97 Å². The van der Waals surface area contributed by atoms with Crippen molar-refractivity contribution in [2.24, 2.45) is 0 Å². The number of pyridine rings is 1. The largest absolute Gasteiger partial charge is 0.478 e. The molecule has 22 heavy (non-hydrogen) atoms. The zero-order valence-corrected chi connectivity index (χ0v) is 12.4. The van der Waals surface area contributed by atoms with Gasteiger partial charge in [0.05, 0.1) is 11.2 Å². The third-order valence-corrected chi connectivity index (χ3v) is 3.63. The Morgan fingerprint density at radius 1 is 1.05 bits per heavy atom. The molecule has 2 aromatic carbocycles. The Labute approximate surface area is 128 Å². The maximum absolute atomic E-state index is 11.5. The second-order valence-corrected chi connectivity index (χ2v) is 5.29. The Morgan fingerprint density at radius 2 is 1.77 bits per heavy atom. The summed E-state index contributed by atoms with van der Waals surface area (Å²) >= 11 is 0. The van der Waals surface area contributed by atoms with Gasteiger partial charge in [0, 0.05) is 31.2 Å². The van der Waals surface area contributed by atoms with Crippen LogP contribution in [-0.2, 0) is 0 Å². The van der Waals surface area contributed by atoms with E-state index in [-0.39, 0.29) is 5.56 Å². The fourth-order valence-corrected chi connectivity index (χ4v) is 2.70. The molecule has 0 bridgehead atoms. The lowest BCUT2D eigenvalue weighted by atomic mass is 9.99. The first-order valence-electron chi connectivity index (χ1n) is 6.97. The first-order chi connectivity index (χ1) is 10.6. The van der Waals surface area contributed by atoms with Gasteiger partial charge in [0.15, 0.2) is 0 Å². The summed E-state index contributed by atoms with van der Waals surface area (Å²) in [5.74, 6) is -0.969. The predicted molar refractivity (Wildman–Crippen MR) is 88.5 cm³/mol. The molecule has 0 saturated heterocycles. The molecule has 4 nitrogen and oxygen atoms in total. The number of anilines is 1. The van der Waals surface area contributed by atoms with Crippen LogP contribution in [0.15, 0.2) is 54.7 Å². The Morgan fingerprint density at radius 3 is 2.41 bits per heavy atom. The maximum atomic E-state index is 11.5. The van der Waals surface area contributed by atoms with Gasteiger partial charge in [0.1, 0.15) is 5.56 Å². The molecule has 1 aromatic heterocycles. The first-order valence-corrected chi connectivity index (χ1v) is 6.97. The molecule has 0 unspecified atom stereocenters. The molecule has 3 rings (SSSR count). The summed E-state index contributed by atoms with van der Waals surface area (Å²) in [6.45, 7) is 0. The number of carboxylic acid groups (broad SMARTS) is 1. The van der Waals surface area contributed by atoms with Crippen molar-refractivity contribution in [3.63, 3.8) is 0 Å². The van der Waals surface area contributed by atoms with E-state index in [1.54, 1.807) is 0 Å². The van der Waals surface area contributed by atoms with Crippen molar-refractivity contribution < 1.29 is 9.90 Å². The molecule has 0 amide bonds. The average molecular weight is 292 g/mol. The minimum atomic E-state index is -0.969. The normalized spacial score (nSPS) is 10.6. The number of nitrogens with zero attached hydrogens (tertiary/aromatic N) is 2. The third kappa shape index (κ3) is 2.29. The fourth-order valence-electron chi connectivity index (χ4n) is 2.70. The van der Waals surface area contributed by atoms with Crippen molar-refractivity contribution >= 4 is 22.6 Å². The topological polar surface area (TPSA) is 53.4 Å². The Kier molecular flexibility index (Phi) is 3.51. The van der Waals surface area contributed by atoms with Gasteiger partial charge >= 0.3 is 5.97 Å². The number of hydrogen-bond donors (Lipinski definition) is 1. The highest BCUT2D eigenvalue weighted by Gasteiger charge is 2.17. The molecule has 110 valence electrons. The van der Waals surface area contributed by atoms with Crippen LogP contribution in [0.2, 0.25) is 0 Å². The summed E-state index contributed by atoms with van der Waals surface area (Å²) in [6.07, 6.45) is 1.44. The number of para-hydroxylation sites is 1. The highest BCUT2D eigenvalue weighted by atomic mass is 16.4. The van der Waals surface area contributed by atoms with Crippen molar-refractivity contribution in [1.82, 2.24) is 4.98 Å². The quantitative estimate of drug-likeness (QED) is 0.800. The third-order valence-electron chi connectivity index (χ3n) is 3.63. The fraction of sp³-hybridized carbons (Fsp3) is 0.111. The molecule has 0 spiro atoms. The van der Waals surface area contributed by atoms with Crippen molar-refractivity contribution in [2.75, 3.05) is 19.0 Å². The van der Waals surface area contributed by atoms with Crippen LogP contribution in [0.3, 0.4) is 0 Å². The Hall–Kier alpha value is -2.88. The van der Waals surface area contributed by atoms with Gasteiger partial charge in [0.25, 0.3) is 0 Å². The zero-order chi connectivity index (χ0) is 15.7. The summed E-state index contributed by atoms with van der Waals surface area (Å²) in [7, 11) is 3.69. The van der Waals surface area contributed by atoms with Gasteiger partial charge in [-0.1, -0.05) is 48.5 Å². The van der Waals surface area contributed by atoms with Crippen LogP contribution in [0.1, 0.15) is 10.4 Å². The van der Waals surface area contributed by atoms with Gasteiger partial charge in [-0.05, 0) is 5.56 Å². The Bertz CT molecular complexity index is 842. The number of carboxylic acids is 1. The van der Waals surface area contributed by atoms with Crippen molar-refractivity contribution in [3.05, 3.63) is 60.3 Å². The monoisotopic (exact) mass is 292 g/mol. The number of rotatable bonds is 3. The summed E-state index contributed by atoms with van der Waals surface area (Å²) < 4.78 is 0. The molecule has 0 atom stereocenters. The van der Waals surface area contributed by atoms with Crippen molar-refractivity contribution in [3.8, 4) is 11.1 Å². The predicted octanol–water partition coefficient (Wildman–Crippen LogP) is 3.67. The lowest BCUT2D eigenvalue weighted by molar-refractivity contribution is 0.0697. The van der Waals surface area contributed by atoms with E-state index in [2.05, 4.69) is 4.98 Å². The van der Waals surface area contributed by atoms with Crippen LogP contribution in [0.25, 0.3) is 22.0 Å². The number of fused-ring (bicyclic) bond motifs is 1. The molecule has 3 aromatic rings. The molecule has 1 N–H and O–H groups in total. The lowest BCUT2D eigenvalue weighted by Gasteiger charge is -2.19. The molecular weight excluding hydrogens is 276 g/mol. The van der Waals surface area contributed by atoms with E-state index in [4.69, 9.17) is 0 Å². The number of carbonyl (C=O) groups is 1. The van der Waals surface area contributed by atoms with Crippen molar-refractivity contribution in [2.45, 2.75) is 0 Å². The summed E-state index contributed by atoms with van der Waals surface area (Å²) in [5.41, 5.74) is 3.76. The maximum Gasteiger partial charge on any atom is 0.339 e. The van der Waals surface area contributed by atoms with E-state index in [9.17, 15) is 9.90 Å². The van der Waals surface area contributed by atoms with E-state index in [1.165, 1.54) is 6.20 Å². The lowest BCUT2D eigenvalue weighted by Crippen LogP contribution is -2.15. The highest BCUT2D eigenvalue weighted by molar-refractivity contribution is 6.08. The highest BCUT2D eigenvalue weighted by Crippen LogP contribution is 2.34. The molecule has 0 saturated carbocycles. The van der Waals surface area contributed by atoms with Crippen LogP contribution < -0.4 is 4.90 Å². The Balaban J connectivity index is 2.36. The zero-order valence-electron chi connectivity index (χ0n) is 12.4. The summed E-state index contributed by atoms with van der Waals surface area (Å²) in [5, 5.41) is 10.2. The number of benzene rings is 2. The summed E-state index contributed by atoms with van der Waals surface area (Å²) in [4.78, 5) is 17.7. The van der Waals surface area contributed by atoms with Gasteiger partial charge in [-0.25, -0.2) is 4.79 Å². The SMILES string of the molecule is CN(C)c1c(C(=O)O)cnc2c(-c3ccccc3)cccc12. The van der Waals surface area contributed by atoms with E-state index in [1.807, 2.05) is 67.5 Å². The van der Waals surface area contributed by atoms with Gasteiger partial charge in [0.2, 0.25) is 0 Å². The van der Waals surface area contributed by atoms with Gasteiger partial charge < -0.3 is 10.0 Å². The number of aromatic carboxylic acids is 1. The van der Waals surface area contributed by atoms with Crippen LogP contribution in [-0.4, -0.2) is 30.2 Å². The van der Waals surface area contributed by atoms with Crippen LogP contribution >= 0.6 is 0 Å². The summed E-state index contributed by atoms with van der Waals surface area (Å²) in [6, 6.07) is 15.8. The number of aromatic nitrogens is 1. The van der Waals surface area contributed by atoms with E-state index in [0.717, 1.165) is 22.0 Å². The van der Waals surface area contributed by atoms with Crippen molar-refractivity contribution in [1.29, 1.82) is 0 Å². The second-order valence-electron chi connectivity index (χ2n) is 5.29. The minimum Gasteiger partial charge on any atom is -0.478 e. The molecule has 0 aliphatic carbocycles. The molecule has 0 fully saturated rings. The van der Waals surface area contributed by atoms with Crippen LogP contribution in [0, 0.1) is 0 Å². The molecule has 0 aliphatic heterocycles. The first kappa shape index (κ1) is 14.1. The van der Waals surface area contributed by atoms with Crippen LogP contribution in [0.5, 0.6) is 0 Å². The van der Waals surface area contributed by atoms with Crippen LogP contribution in [0.4, 0.5) is 5.69 Å². The average Bonchev–Trinajstić information content (AvgIpc) is 2.53. The van der Waals surface area contributed by atoms with Gasteiger partial charge in [-0.15, -0.1) is 0 Å². The second kappa shape index (κ2) is 5.48. The van der Waals surface area contributed by atoms with Gasteiger partial charge in [-0.3, -0.25) is 4.98 Å². The van der Waals surface area contributed by atoms with E-state index in [0.29, 0.717) is 5.69 Å². The molecule has 1 heterocycles. The smallest absolute Gasteiger partial charge is 0.339 e. The molecule has 4 heteroatoms. The molecular formula is C18H16N2O2. The molecule has 0 aliphatic rings. The molecule has 0 radical (unpaired) electrons. The van der Waals surface area contributed by atoms with E-state index >= 15 is 0 Å². The number of hydrogen-bond acceptors (Lipinski definition) is 3. The minimum absolute atomic E-state index is 0.211. The van der Waals surface area contributed by atoms with Gasteiger partial charge in [-0.2, -0.15) is 0 Å².